The molecule has 1 aromatic heterocycles. The highest BCUT2D eigenvalue weighted by Gasteiger charge is 2.33. The molecule has 0 saturated carbocycles. The van der Waals surface area contributed by atoms with E-state index in [-0.39, 0.29) is 17.6 Å². The number of hydrogen-bond donors (Lipinski definition) is 1. The molecule has 1 rings (SSSR count). The average Bonchev–Trinajstić information content (AvgIpc) is 2.27. The number of nitrogens with one attached hydrogen (secondary N) is 1. The van der Waals surface area contributed by atoms with Gasteiger partial charge < -0.3 is 10.1 Å². The smallest absolute Gasteiger partial charge is 0.250 e. The van der Waals surface area contributed by atoms with Crippen molar-refractivity contribution in [3.63, 3.8) is 0 Å². The molecule has 0 aliphatic rings. The Morgan fingerprint density at radius 2 is 1.42 bits per heavy atom. The molecule has 0 unspecified atom stereocenters. The van der Waals surface area contributed by atoms with Crippen LogP contribution in [-0.2, 0) is 12.3 Å². The molecule has 0 saturated heterocycles. The molecular weight excluding hydrogens is 381 g/mol. The van der Waals surface area contributed by atoms with Gasteiger partial charge in [-0.1, -0.05) is 69.6 Å². The van der Waals surface area contributed by atoms with Gasteiger partial charge in [0.1, 0.15) is 0 Å². The molecular formula is C8H8Cl6N4O. The maximum Gasteiger partial charge on any atom is 0.250 e. The van der Waals surface area contributed by atoms with Crippen LogP contribution >= 0.6 is 69.6 Å². The highest BCUT2D eigenvalue weighted by molar-refractivity contribution is 6.67. The summed E-state index contributed by atoms with van der Waals surface area (Å²) in [5, 5.41) is 2.83. The average molecular weight is 389 g/mol. The summed E-state index contributed by atoms with van der Waals surface area (Å²) in [4.78, 5) is 11.7. The van der Waals surface area contributed by atoms with E-state index < -0.39 is 7.59 Å². The lowest BCUT2D eigenvalue weighted by Crippen LogP contribution is -2.19. The standard InChI is InChI=1S/C8H8Cl6N4O/c1-19-3-2-15-6-17-4(7(9,10)11)16-5(18-6)8(12,13)14/h2-3H2,1H3,(H,15,16,17,18). The first-order valence-corrected chi connectivity index (χ1v) is 7.04. The maximum atomic E-state index is 5.71. The molecule has 0 atom stereocenters. The third-order valence-corrected chi connectivity index (χ3v) is 2.75. The van der Waals surface area contributed by atoms with Crippen LogP contribution in [0.4, 0.5) is 5.95 Å². The maximum absolute atomic E-state index is 5.71. The highest BCUT2D eigenvalue weighted by atomic mass is 35.6. The molecule has 19 heavy (non-hydrogen) atoms. The quantitative estimate of drug-likeness (QED) is 0.631. The SMILES string of the molecule is COCCNc1nc(C(Cl)(Cl)Cl)nc(C(Cl)(Cl)Cl)n1. The molecule has 0 amide bonds. The van der Waals surface area contributed by atoms with Crippen LogP contribution in [0.5, 0.6) is 0 Å². The van der Waals surface area contributed by atoms with Crippen molar-refractivity contribution in [2.45, 2.75) is 7.59 Å². The Kier molecular flexibility index (Phi) is 6.45. The molecule has 1 heterocycles. The van der Waals surface area contributed by atoms with Crippen LogP contribution in [0.2, 0.25) is 0 Å². The molecule has 108 valence electrons. The van der Waals surface area contributed by atoms with E-state index >= 15 is 0 Å². The number of nitrogens with zero attached hydrogens (tertiary/aromatic N) is 3. The van der Waals surface area contributed by atoms with Crippen LogP contribution in [-0.4, -0.2) is 35.2 Å². The number of aromatic nitrogens is 3. The van der Waals surface area contributed by atoms with Crippen molar-refractivity contribution >= 4 is 75.6 Å². The van der Waals surface area contributed by atoms with Gasteiger partial charge in [0.05, 0.1) is 6.61 Å². The number of hydrogen-bond acceptors (Lipinski definition) is 5. The molecule has 0 aliphatic heterocycles. The Balaban J connectivity index is 3.10. The lowest BCUT2D eigenvalue weighted by Gasteiger charge is -2.15. The number of rotatable bonds is 4. The summed E-state index contributed by atoms with van der Waals surface area (Å²) in [7, 11) is 1.55. The van der Waals surface area contributed by atoms with Gasteiger partial charge in [-0.25, -0.2) is 4.98 Å². The topological polar surface area (TPSA) is 59.9 Å². The van der Waals surface area contributed by atoms with Crippen LogP contribution in [0.1, 0.15) is 11.6 Å². The summed E-state index contributed by atoms with van der Waals surface area (Å²) in [5.74, 6) is -0.169. The fourth-order valence-electron chi connectivity index (χ4n) is 0.973. The number of halogens is 6. The Bertz CT molecular complexity index is 400. The predicted molar refractivity (Wildman–Crippen MR) is 78.7 cm³/mol. The van der Waals surface area contributed by atoms with Crippen LogP contribution in [0.25, 0.3) is 0 Å². The van der Waals surface area contributed by atoms with E-state index in [0.717, 1.165) is 0 Å². The first kappa shape index (κ1) is 17.6. The van der Waals surface area contributed by atoms with Gasteiger partial charge in [0.15, 0.2) is 11.6 Å². The van der Waals surface area contributed by atoms with Crippen molar-refractivity contribution in [3.8, 4) is 0 Å². The van der Waals surface area contributed by atoms with E-state index in [4.69, 9.17) is 74.3 Å². The lowest BCUT2D eigenvalue weighted by atomic mass is 10.6. The fourth-order valence-corrected chi connectivity index (χ4v) is 1.48. The van der Waals surface area contributed by atoms with Crippen molar-refractivity contribution in [1.82, 2.24) is 15.0 Å². The number of ether oxygens (including phenoxy) is 1. The zero-order chi connectivity index (χ0) is 14.7. The van der Waals surface area contributed by atoms with Gasteiger partial charge in [0.25, 0.3) is 0 Å². The minimum atomic E-state index is -1.86. The molecule has 1 aromatic rings. The molecule has 0 aliphatic carbocycles. The normalized spacial score (nSPS) is 12.6. The van der Waals surface area contributed by atoms with E-state index in [1.54, 1.807) is 7.11 Å². The van der Waals surface area contributed by atoms with Gasteiger partial charge in [-0.15, -0.1) is 0 Å². The number of alkyl halides is 6. The number of anilines is 1. The third kappa shape index (κ3) is 5.79. The molecule has 0 bridgehead atoms. The minimum absolute atomic E-state index is 0.120. The molecule has 5 nitrogen and oxygen atoms in total. The van der Waals surface area contributed by atoms with Crippen molar-refractivity contribution in [3.05, 3.63) is 11.6 Å². The van der Waals surface area contributed by atoms with E-state index in [1.165, 1.54) is 0 Å². The van der Waals surface area contributed by atoms with E-state index in [1.807, 2.05) is 0 Å². The second-order valence-corrected chi connectivity index (χ2v) is 7.78. The summed E-state index contributed by atoms with van der Waals surface area (Å²) < 4.78 is 1.16. The highest BCUT2D eigenvalue weighted by Crippen LogP contribution is 2.40. The van der Waals surface area contributed by atoms with Gasteiger partial charge in [-0.3, -0.25) is 0 Å². The van der Waals surface area contributed by atoms with Crippen LogP contribution in [0.3, 0.4) is 0 Å². The molecule has 0 spiro atoms. The molecule has 0 aromatic carbocycles. The lowest BCUT2D eigenvalue weighted by molar-refractivity contribution is 0.210. The first-order valence-electron chi connectivity index (χ1n) is 4.78. The predicted octanol–water partition coefficient (Wildman–Crippen LogP) is 3.58. The monoisotopic (exact) mass is 386 g/mol. The number of methoxy groups -OCH3 is 1. The van der Waals surface area contributed by atoms with Crippen molar-refractivity contribution in [2.24, 2.45) is 0 Å². The van der Waals surface area contributed by atoms with Gasteiger partial charge in [0.2, 0.25) is 13.5 Å². The minimum Gasteiger partial charge on any atom is -0.383 e. The van der Waals surface area contributed by atoms with Crippen LogP contribution in [0, 0.1) is 0 Å². The Morgan fingerprint density at radius 1 is 0.947 bits per heavy atom. The summed E-state index contributed by atoms with van der Waals surface area (Å²) in [6.45, 7) is 0.858. The summed E-state index contributed by atoms with van der Waals surface area (Å²) >= 11 is 34.3. The first-order chi connectivity index (χ1) is 8.64. The van der Waals surface area contributed by atoms with Crippen molar-refractivity contribution in [1.29, 1.82) is 0 Å². The molecule has 11 heteroatoms. The van der Waals surface area contributed by atoms with Gasteiger partial charge in [0, 0.05) is 13.7 Å². The largest absolute Gasteiger partial charge is 0.383 e. The second kappa shape index (κ2) is 6.98. The Morgan fingerprint density at radius 3 is 1.79 bits per heavy atom. The summed E-state index contributed by atoms with van der Waals surface area (Å²) in [5.41, 5.74) is 0. The molecule has 0 radical (unpaired) electrons. The van der Waals surface area contributed by atoms with Crippen molar-refractivity contribution < 1.29 is 4.74 Å². The second-order valence-electron chi connectivity index (χ2n) is 3.22. The molecule has 0 fully saturated rings. The Labute approximate surface area is 139 Å². The van der Waals surface area contributed by atoms with Gasteiger partial charge >= 0.3 is 0 Å². The van der Waals surface area contributed by atoms with E-state index in [2.05, 4.69) is 20.3 Å². The van der Waals surface area contributed by atoms with Gasteiger partial charge in [-0.2, -0.15) is 9.97 Å². The third-order valence-electron chi connectivity index (χ3n) is 1.73. The van der Waals surface area contributed by atoms with Crippen molar-refractivity contribution in [2.75, 3.05) is 25.6 Å². The van der Waals surface area contributed by atoms with E-state index in [9.17, 15) is 0 Å². The zero-order valence-electron chi connectivity index (χ0n) is 9.43. The zero-order valence-corrected chi connectivity index (χ0v) is 14.0. The van der Waals surface area contributed by atoms with Crippen LogP contribution < -0.4 is 5.32 Å². The Hall–Kier alpha value is 0.510. The van der Waals surface area contributed by atoms with E-state index in [0.29, 0.717) is 13.2 Å². The molecule has 1 N–H and O–H groups in total. The van der Waals surface area contributed by atoms with Gasteiger partial charge in [-0.05, 0) is 0 Å². The van der Waals surface area contributed by atoms with Crippen LogP contribution in [0.15, 0.2) is 0 Å². The fraction of sp³-hybridized carbons (Fsp3) is 0.625. The summed E-state index contributed by atoms with van der Waals surface area (Å²) in [6.07, 6.45) is 0. The summed E-state index contributed by atoms with van der Waals surface area (Å²) in [6, 6.07) is 0.